The Bertz CT molecular complexity index is 430. The van der Waals surface area contributed by atoms with E-state index in [1.54, 1.807) is 12.1 Å². The molecule has 0 aromatic heterocycles. The highest BCUT2D eigenvalue weighted by molar-refractivity contribution is 5.77. The molecule has 0 heterocycles. The van der Waals surface area contributed by atoms with Crippen LogP contribution in [0.1, 0.15) is 20.3 Å². The lowest BCUT2D eigenvalue weighted by Crippen LogP contribution is -2.37. The molecule has 0 aliphatic heterocycles. The summed E-state index contributed by atoms with van der Waals surface area (Å²) in [5.41, 5.74) is 6.51. The minimum Gasteiger partial charge on any atom is -0.372 e. The van der Waals surface area contributed by atoms with Crippen molar-refractivity contribution in [3.05, 3.63) is 30.1 Å². The van der Waals surface area contributed by atoms with Crippen molar-refractivity contribution >= 4 is 11.6 Å². The fourth-order valence-electron chi connectivity index (χ4n) is 2.03. The number of hydrogen-bond donors (Lipinski definition) is 1. The lowest BCUT2D eigenvalue weighted by atomic mass is 10.2. The van der Waals surface area contributed by atoms with Crippen molar-refractivity contribution < 1.29 is 4.39 Å². The highest BCUT2D eigenvalue weighted by Crippen LogP contribution is 2.16. The van der Waals surface area contributed by atoms with Crippen molar-refractivity contribution in [2.75, 3.05) is 38.1 Å². The Balaban J connectivity index is 2.41. The van der Waals surface area contributed by atoms with Crippen LogP contribution < -0.4 is 10.6 Å². The number of nitrogens with zero attached hydrogens (tertiary/aromatic N) is 3. The summed E-state index contributed by atoms with van der Waals surface area (Å²) in [6.07, 6.45) is 0.840. The molecule has 0 radical (unpaired) electrons. The van der Waals surface area contributed by atoms with Crippen LogP contribution in [0, 0.1) is 5.82 Å². The van der Waals surface area contributed by atoms with Gasteiger partial charge in [0.05, 0.1) is 5.69 Å². The SMILES string of the molecule is CCN(CC)C(N)=NCCCN(C)c1ccccc1F. The highest BCUT2D eigenvalue weighted by atomic mass is 19.1. The summed E-state index contributed by atoms with van der Waals surface area (Å²) in [4.78, 5) is 8.27. The van der Waals surface area contributed by atoms with Gasteiger partial charge in [0, 0.05) is 33.2 Å². The molecule has 1 aromatic rings. The highest BCUT2D eigenvalue weighted by Gasteiger charge is 2.06. The van der Waals surface area contributed by atoms with Gasteiger partial charge in [-0.05, 0) is 32.4 Å². The predicted molar refractivity (Wildman–Crippen MR) is 83.7 cm³/mol. The molecule has 0 bridgehead atoms. The molecule has 0 saturated carbocycles. The van der Waals surface area contributed by atoms with Crippen LogP contribution in [0.4, 0.5) is 10.1 Å². The summed E-state index contributed by atoms with van der Waals surface area (Å²) in [6, 6.07) is 6.79. The molecule has 0 unspecified atom stereocenters. The van der Waals surface area contributed by atoms with Gasteiger partial charge in [-0.25, -0.2) is 4.39 Å². The molecule has 5 heteroatoms. The number of hydrogen-bond acceptors (Lipinski definition) is 2. The fraction of sp³-hybridized carbons (Fsp3) is 0.533. The first-order valence-corrected chi connectivity index (χ1v) is 7.10. The predicted octanol–water partition coefficient (Wildman–Crippen LogP) is 2.31. The van der Waals surface area contributed by atoms with Crippen molar-refractivity contribution in [2.45, 2.75) is 20.3 Å². The van der Waals surface area contributed by atoms with Crippen molar-refractivity contribution in [2.24, 2.45) is 10.7 Å². The second-order valence-corrected chi connectivity index (χ2v) is 4.64. The zero-order chi connectivity index (χ0) is 15.0. The van der Waals surface area contributed by atoms with Crippen LogP contribution in [-0.4, -0.2) is 44.1 Å². The van der Waals surface area contributed by atoms with Crippen LogP contribution in [0.2, 0.25) is 0 Å². The molecule has 0 spiro atoms. The minimum absolute atomic E-state index is 0.193. The molecule has 2 N–H and O–H groups in total. The van der Waals surface area contributed by atoms with Gasteiger partial charge >= 0.3 is 0 Å². The summed E-state index contributed by atoms with van der Waals surface area (Å²) in [5, 5.41) is 0. The van der Waals surface area contributed by atoms with Gasteiger partial charge in [0.15, 0.2) is 5.96 Å². The molecule has 0 saturated heterocycles. The van der Waals surface area contributed by atoms with Gasteiger partial charge in [-0.1, -0.05) is 12.1 Å². The van der Waals surface area contributed by atoms with Gasteiger partial charge in [0.25, 0.3) is 0 Å². The Morgan fingerprint density at radius 1 is 1.25 bits per heavy atom. The number of guanidine groups is 1. The van der Waals surface area contributed by atoms with Crippen molar-refractivity contribution in [3.8, 4) is 0 Å². The molecule has 0 aliphatic carbocycles. The number of aliphatic imine (C=N–C) groups is 1. The standard InChI is InChI=1S/C15H25FN4/c1-4-20(5-2)15(17)18-11-8-12-19(3)14-10-7-6-9-13(14)16/h6-7,9-10H,4-5,8,11-12H2,1-3H3,(H2,17,18). The zero-order valence-electron chi connectivity index (χ0n) is 12.6. The lowest BCUT2D eigenvalue weighted by molar-refractivity contribution is 0.458. The Labute approximate surface area is 121 Å². The number of benzene rings is 1. The van der Waals surface area contributed by atoms with E-state index in [1.165, 1.54) is 6.07 Å². The lowest BCUT2D eigenvalue weighted by Gasteiger charge is -2.21. The van der Waals surface area contributed by atoms with Crippen molar-refractivity contribution in [1.82, 2.24) is 4.90 Å². The molecular formula is C15H25FN4. The van der Waals surface area contributed by atoms with Crippen molar-refractivity contribution in [3.63, 3.8) is 0 Å². The van der Waals surface area contributed by atoms with Gasteiger partial charge in [-0.2, -0.15) is 0 Å². The maximum absolute atomic E-state index is 13.6. The summed E-state index contributed by atoms with van der Waals surface area (Å²) in [7, 11) is 1.88. The molecule has 1 aromatic carbocycles. The first-order chi connectivity index (χ1) is 9.60. The van der Waals surface area contributed by atoms with E-state index in [-0.39, 0.29) is 5.82 Å². The van der Waals surface area contributed by atoms with Crippen molar-refractivity contribution in [1.29, 1.82) is 0 Å². The van der Waals surface area contributed by atoms with E-state index >= 15 is 0 Å². The monoisotopic (exact) mass is 280 g/mol. The average molecular weight is 280 g/mol. The van der Waals surface area contributed by atoms with E-state index in [4.69, 9.17) is 5.73 Å². The molecule has 1 rings (SSSR count). The second kappa shape index (κ2) is 8.40. The molecular weight excluding hydrogens is 255 g/mol. The normalized spacial score (nSPS) is 11.5. The average Bonchev–Trinajstić information content (AvgIpc) is 2.45. The molecule has 0 aliphatic rings. The molecule has 0 atom stereocenters. The fourth-order valence-corrected chi connectivity index (χ4v) is 2.03. The molecule has 0 fully saturated rings. The summed E-state index contributed by atoms with van der Waals surface area (Å²) in [6.45, 7) is 7.23. The minimum atomic E-state index is -0.193. The van der Waals surface area contributed by atoms with Crippen LogP contribution in [0.3, 0.4) is 0 Å². The maximum atomic E-state index is 13.6. The quantitative estimate of drug-likeness (QED) is 0.473. The number of halogens is 1. The largest absolute Gasteiger partial charge is 0.372 e. The molecule has 0 amide bonds. The number of anilines is 1. The van der Waals surface area contributed by atoms with Crippen LogP contribution in [0.25, 0.3) is 0 Å². The van der Waals surface area contributed by atoms with Crippen LogP contribution >= 0.6 is 0 Å². The molecule has 4 nitrogen and oxygen atoms in total. The van der Waals surface area contributed by atoms with Gasteiger partial charge in [0.2, 0.25) is 0 Å². The summed E-state index contributed by atoms with van der Waals surface area (Å²) in [5.74, 6) is 0.393. The second-order valence-electron chi connectivity index (χ2n) is 4.64. The van der Waals surface area contributed by atoms with Gasteiger partial charge in [-0.3, -0.25) is 4.99 Å². The maximum Gasteiger partial charge on any atom is 0.191 e. The Kier molecular flexibility index (Phi) is 6.84. The third-order valence-corrected chi connectivity index (χ3v) is 3.28. The first-order valence-electron chi connectivity index (χ1n) is 7.10. The van der Waals surface area contributed by atoms with E-state index in [0.717, 1.165) is 26.1 Å². The van der Waals surface area contributed by atoms with E-state index in [0.29, 0.717) is 18.2 Å². The van der Waals surface area contributed by atoms with E-state index in [9.17, 15) is 4.39 Å². The third-order valence-electron chi connectivity index (χ3n) is 3.28. The van der Waals surface area contributed by atoms with Gasteiger partial charge < -0.3 is 15.5 Å². The first kappa shape index (κ1) is 16.3. The number of para-hydroxylation sites is 1. The summed E-state index contributed by atoms with van der Waals surface area (Å²) < 4.78 is 13.6. The van der Waals surface area contributed by atoms with Gasteiger partial charge in [0.1, 0.15) is 5.82 Å². The van der Waals surface area contributed by atoms with Crippen LogP contribution in [0.5, 0.6) is 0 Å². The van der Waals surface area contributed by atoms with E-state index in [2.05, 4.69) is 18.8 Å². The Hall–Kier alpha value is -1.78. The number of rotatable bonds is 7. The molecule has 20 heavy (non-hydrogen) atoms. The van der Waals surface area contributed by atoms with E-state index in [1.807, 2.05) is 22.9 Å². The Morgan fingerprint density at radius 3 is 2.50 bits per heavy atom. The van der Waals surface area contributed by atoms with Gasteiger partial charge in [-0.15, -0.1) is 0 Å². The number of nitrogens with two attached hydrogens (primary N) is 1. The third kappa shape index (κ3) is 4.72. The molecule has 112 valence electrons. The topological polar surface area (TPSA) is 44.9 Å². The van der Waals surface area contributed by atoms with Crippen LogP contribution in [-0.2, 0) is 0 Å². The Morgan fingerprint density at radius 2 is 1.90 bits per heavy atom. The van der Waals surface area contributed by atoms with E-state index < -0.39 is 0 Å². The van der Waals surface area contributed by atoms with Crippen LogP contribution in [0.15, 0.2) is 29.3 Å². The summed E-state index contributed by atoms with van der Waals surface area (Å²) >= 11 is 0. The smallest absolute Gasteiger partial charge is 0.191 e. The zero-order valence-corrected chi connectivity index (χ0v) is 12.6.